The van der Waals surface area contributed by atoms with Crippen LogP contribution in [0.25, 0.3) is 0 Å². The molecule has 0 bridgehead atoms. The number of hydrogen-bond acceptors (Lipinski definition) is 3. The van der Waals surface area contributed by atoms with Crippen molar-refractivity contribution < 1.29 is 9.59 Å². The number of ketones is 2. The van der Waals surface area contributed by atoms with E-state index in [1.807, 2.05) is 13.8 Å². The second-order valence-corrected chi connectivity index (χ2v) is 4.98. The van der Waals surface area contributed by atoms with Crippen LogP contribution in [0, 0.1) is 22.2 Å². The predicted molar refractivity (Wildman–Crippen MR) is 53.8 cm³/mol. The van der Waals surface area contributed by atoms with E-state index >= 15 is 0 Å². The molecule has 1 saturated carbocycles. The van der Waals surface area contributed by atoms with E-state index in [1.54, 1.807) is 6.92 Å². The summed E-state index contributed by atoms with van der Waals surface area (Å²) in [7, 11) is 0. The van der Waals surface area contributed by atoms with Gasteiger partial charge in [-0.05, 0) is 19.8 Å². The van der Waals surface area contributed by atoms with Crippen LogP contribution >= 0.6 is 0 Å². The first-order valence-corrected chi connectivity index (χ1v) is 5.09. The zero-order valence-corrected chi connectivity index (χ0v) is 9.18. The molecule has 78 valence electrons. The van der Waals surface area contributed by atoms with E-state index in [9.17, 15) is 9.59 Å². The number of hydrogen-bond donors (Lipinski definition) is 0. The molecule has 1 spiro atoms. The molecule has 0 atom stereocenters. The van der Waals surface area contributed by atoms with Crippen molar-refractivity contribution in [2.75, 3.05) is 0 Å². The Hall–Kier alpha value is -1.43. The van der Waals surface area contributed by atoms with E-state index in [0.717, 1.165) is 12.8 Å². The van der Waals surface area contributed by atoms with Gasteiger partial charge in [-0.2, -0.15) is 5.26 Å². The van der Waals surface area contributed by atoms with Gasteiger partial charge in [-0.15, -0.1) is 0 Å². The van der Waals surface area contributed by atoms with E-state index in [4.69, 9.17) is 5.26 Å². The molecular weight excluding hydrogens is 190 g/mol. The predicted octanol–water partition coefficient (Wildman–Crippen LogP) is 1.78. The largest absolute Gasteiger partial charge is 0.290 e. The first kappa shape index (κ1) is 10.1. The van der Waals surface area contributed by atoms with Crippen molar-refractivity contribution in [3.63, 3.8) is 0 Å². The maximum atomic E-state index is 11.9. The van der Waals surface area contributed by atoms with Crippen molar-refractivity contribution in [1.82, 2.24) is 0 Å². The molecule has 2 rings (SSSR count). The van der Waals surface area contributed by atoms with E-state index in [-0.39, 0.29) is 5.78 Å². The third kappa shape index (κ3) is 0.944. The molecule has 3 nitrogen and oxygen atoms in total. The van der Waals surface area contributed by atoms with Gasteiger partial charge in [0.25, 0.3) is 0 Å². The Balaban J connectivity index is 2.69. The van der Waals surface area contributed by atoms with E-state index in [2.05, 4.69) is 6.07 Å². The summed E-state index contributed by atoms with van der Waals surface area (Å²) in [4.78, 5) is 23.6. The molecule has 0 unspecified atom stereocenters. The molecule has 0 aliphatic heterocycles. The molecule has 0 aromatic rings. The van der Waals surface area contributed by atoms with Gasteiger partial charge in [0.15, 0.2) is 0 Å². The lowest BCUT2D eigenvalue weighted by atomic mass is 9.62. The van der Waals surface area contributed by atoms with Gasteiger partial charge in [0.2, 0.25) is 11.6 Å². The summed E-state index contributed by atoms with van der Waals surface area (Å²) in [5, 5.41) is 9.09. The van der Waals surface area contributed by atoms with Crippen LogP contribution in [0.4, 0.5) is 0 Å². The highest BCUT2D eigenvalue weighted by Crippen LogP contribution is 2.64. The molecular formula is C12H13NO2. The maximum absolute atomic E-state index is 11.9. The molecule has 2 aliphatic carbocycles. The Morgan fingerprint density at radius 2 is 1.80 bits per heavy atom. The van der Waals surface area contributed by atoms with Gasteiger partial charge in [-0.1, -0.05) is 13.8 Å². The van der Waals surface area contributed by atoms with Crippen LogP contribution in [0.15, 0.2) is 11.1 Å². The van der Waals surface area contributed by atoms with E-state index in [1.165, 1.54) is 0 Å². The number of Topliss-reactive ketones (excluding diaryl/α,β-unsaturated/α-hetero) is 2. The second kappa shape index (κ2) is 2.57. The van der Waals surface area contributed by atoms with Crippen molar-refractivity contribution in [2.24, 2.45) is 10.8 Å². The summed E-state index contributed by atoms with van der Waals surface area (Å²) in [6, 6.07) is 2.10. The minimum atomic E-state index is -0.561. The normalized spacial score (nSPS) is 26.8. The minimum absolute atomic E-state index is 0.288. The standard InChI is InChI=1S/C12H13NO2/c1-7-8(6-13)11(2,3)12(4-5-12)10(15)9(7)14/h4-5H2,1-3H3. The van der Waals surface area contributed by atoms with Crippen LogP contribution in [0.3, 0.4) is 0 Å². The van der Waals surface area contributed by atoms with Crippen LogP contribution in [0.2, 0.25) is 0 Å². The van der Waals surface area contributed by atoms with Crippen LogP contribution < -0.4 is 0 Å². The first-order chi connectivity index (χ1) is 6.88. The summed E-state index contributed by atoms with van der Waals surface area (Å²) in [6.45, 7) is 5.37. The summed E-state index contributed by atoms with van der Waals surface area (Å²) >= 11 is 0. The Morgan fingerprint density at radius 1 is 1.27 bits per heavy atom. The SMILES string of the molecule is CC1=C(C#N)C(C)(C)C2(CC2)C(=O)C1=O. The molecule has 0 amide bonds. The molecule has 2 aliphatic rings. The van der Waals surface area contributed by atoms with Gasteiger partial charge < -0.3 is 0 Å². The fourth-order valence-electron chi connectivity index (χ4n) is 2.69. The fourth-order valence-corrected chi connectivity index (χ4v) is 2.69. The smallest absolute Gasteiger partial charge is 0.225 e. The van der Waals surface area contributed by atoms with Crippen LogP contribution in [-0.2, 0) is 9.59 Å². The first-order valence-electron chi connectivity index (χ1n) is 5.09. The average molecular weight is 203 g/mol. The van der Waals surface area contributed by atoms with Gasteiger partial charge in [0, 0.05) is 22.0 Å². The molecule has 0 saturated heterocycles. The molecule has 0 radical (unpaired) electrons. The van der Waals surface area contributed by atoms with Gasteiger partial charge in [-0.25, -0.2) is 0 Å². The third-order valence-electron chi connectivity index (χ3n) is 4.04. The molecule has 1 fully saturated rings. The molecule has 15 heavy (non-hydrogen) atoms. The minimum Gasteiger partial charge on any atom is -0.290 e. The van der Waals surface area contributed by atoms with E-state index in [0.29, 0.717) is 11.1 Å². The monoisotopic (exact) mass is 203 g/mol. The Bertz CT molecular complexity index is 445. The second-order valence-electron chi connectivity index (χ2n) is 4.98. The summed E-state index contributed by atoms with van der Waals surface area (Å²) in [5.41, 5.74) is -0.208. The highest BCUT2D eigenvalue weighted by molar-refractivity contribution is 6.47. The van der Waals surface area contributed by atoms with E-state index < -0.39 is 16.6 Å². The summed E-state index contributed by atoms with van der Waals surface area (Å²) in [5.74, 6) is -0.743. The van der Waals surface area contributed by atoms with Crippen LogP contribution in [0.5, 0.6) is 0 Å². The topological polar surface area (TPSA) is 57.9 Å². The molecule has 0 aromatic heterocycles. The third-order valence-corrected chi connectivity index (χ3v) is 4.04. The summed E-state index contributed by atoms with van der Waals surface area (Å²) < 4.78 is 0. The average Bonchev–Trinajstić information content (AvgIpc) is 2.95. The van der Waals surface area contributed by atoms with Gasteiger partial charge in [0.1, 0.15) is 0 Å². The zero-order valence-electron chi connectivity index (χ0n) is 9.18. The molecule has 3 heteroatoms. The number of nitrogens with zero attached hydrogens (tertiary/aromatic N) is 1. The van der Waals surface area contributed by atoms with Gasteiger partial charge in [-0.3, -0.25) is 9.59 Å². The molecule has 0 N–H and O–H groups in total. The Morgan fingerprint density at radius 3 is 2.20 bits per heavy atom. The van der Waals surface area contributed by atoms with Gasteiger partial charge in [0.05, 0.1) is 6.07 Å². The number of rotatable bonds is 0. The van der Waals surface area contributed by atoms with Crippen molar-refractivity contribution in [1.29, 1.82) is 5.26 Å². The lowest BCUT2D eigenvalue weighted by molar-refractivity contribution is -0.141. The molecule has 0 aromatic carbocycles. The zero-order chi connectivity index (χ0) is 11.4. The Kier molecular flexibility index (Phi) is 1.73. The maximum Gasteiger partial charge on any atom is 0.225 e. The fraction of sp³-hybridized carbons (Fsp3) is 0.583. The lowest BCUT2D eigenvalue weighted by Gasteiger charge is -2.37. The number of carbonyl (C=O) groups excluding carboxylic acids is 2. The van der Waals surface area contributed by atoms with Crippen molar-refractivity contribution in [3.8, 4) is 6.07 Å². The van der Waals surface area contributed by atoms with Crippen molar-refractivity contribution >= 4 is 11.6 Å². The number of carbonyl (C=O) groups is 2. The number of nitriles is 1. The van der Waals surface area contributed by atoms with Crippen molar-refractivity contribution in [2.45, 2.75) is 33.6 Å². The Labute approximate surface area is 88.8 Å². The highest BCUT2D eigenvalue weighted by Gasteiger charge is 2.65. The molecule has 0 heterocycles. The highest BCUT2D eigenvalue weighted by atomic mass is 16.2. The number of allylic oxidation sites excluding steroid dienone is 2. The van der Waals surface area contributed by atoms with Crippen LogP contribution in [-0.4, -0.2) is 11.6 Å². The lowest BCUT2D eigenvalue weighted by Crippen LogP contribution is -2.44. The quantitative estimate of drug-likeness (QED) is 0.564. The summed E-state index contributed by atoms with van der Waals surface area (Å²) in [6.07, 6.45) is 1.48. The van der Waals surface area contributed by atoms with Crippen molar-refractivity contribution in [3.05, 3.63) is 11.1 Å². The van der Waals surface area contributed by atoms with Crippen LogP contribution in [0.1, 0.15) is 33.6 Å². The van der Waals surface area contributed by atoms with Gasteiger partial charge >= 0.3 is 0 Å².